The number of fused-ring (bicyclic) bond motifs is 7. The van der Waals surface area contributed by atoms with Gasteiger partial charge in [0.15, 0.2) is 0 Å². The van der Waals surface area contributed by atoms with Gasteiger partial charge in [0.1, 0.15) is 0 Å². The minimum absolute atomic E-state index is 0.909. The summed E-state index contributed by atoms with van der Waals surface area (Å²) in [5, 5.41) is 5.50. The summed E-state index contributed by atoms with van der Waals surface area (Å²) in [6.07, 6.45) is 3.70. The second-order valence-corrected chi connectivity index (χ2v) is 11.1. The highest BCUT2D eigenvalue weighted by atomic mass is 14.8. The number of para-hydroxylation sites is 1. The lowest BCUT2D eigenvalue weighted by atomic mass is 9.95. The number of pyridine rings is 4. The highest BCUT2D eigenvalue weighted by Crippen LogP contribution is 2.38. The Hall–Kier alpha value is -6.00. The molecule has 4 aromatic heterocycles. The van der Waals surface area contributed by atoms with E-state index in [1.807, 2.05) is 24.5 Å². The molecule has 44 heavy (non-hydrogen) atoms. The van der Waals surface area contributed by atoms with Crippen molar-refractivity contribution in [1.82, 2.24) is 19.9 Å². The van der Waals surface area contributed by atoms with Crippen LogP contribution >= 0.6 is 0 Å². The van der Waals surface area contributed by atoms with E-state index in [-0.39, 0.29) is 0 Å². The third-order valence-corrected chi connectivity index (χ3v) is 8.55. The largest absolute Gasteiger partial charge is 0.254 e. The van der Waals surface area contributed by atoms with E-state index in [2.05, 4.69) is 131 Å². The van der Waals surface area contributed by atoms with Crippen LogP contribution in [0.15, 0.2) is 146 Å². The van der Waals surface area contributed by atoms with Crippen LogP contribution in [0.5, 0.6) is 0 Å². The van der Waals surface area contributed by atoms with Gasteiger partial charge in [0.25, 0.3) is 0 Å². The fraction of sp³-hybridized carbons (Fsp3) is 0. The molecule has 0 bridgehead atoms. The number of hydrogen-bond donors (Lipinski definition) is 0. The molecule has 0 aliphatic carbocycles. The second-order valence-electron chi connectivity index (χ2n) is 11.1. The van der Waals surface area contributed by atoms with Crippen LogP contribution in [0, 0.1) is 0 Å². The van der Waals surface area contributed by atoms with Gasteiger partial charge in [-0.3, -0.25) is 9.97 Å². The first kappa shape index (κ1) is 24.6. The van der Waals surface area contributed by atoms with Crippen LogP contribution in [-0.2, 0) is 0 Å². The normalized spacial score (nSPS) is 11.6. The quantitative estimate of drug-likeness (QED) is 0.159. The summed E-state index contributed by atoms with van der Waals surface area (Å²) < 4.78 is 0. The standard InChI is InChI=1S/C40H24N4/c1-2-7-27(8-3-1)36-32-10-4-5-11-35(32)44-40-33(36)20-17-29-18-21-34(43-38(29)40)26-14-12-25(13-15-26)30-22-24-42-39-31(30)19-16-28-9-6-23-41-37(28)39/h1-24H. The number of aromatic nitrogens is 4. The molecular weight excluding hydrogens is 536 g/mol. The molecule has 4 heterocycles. The molecule has 0 unspecified atom stereocenters. The Morgan fingerprint density at radius 2 is 1.09 bits per heavy atom. The summed E-state index contributed by atoms with van der Waals surface area (Å²) in [4.78, 5) is 19.7. The molecule has 204 valence electrons. The molecular formula is C40H24N4. The minimum atomic E-state index is 0.909. The summed E-state index contributed by atoms with van der Waals surface area (Å²) in [6.45, 7) is 0. The van der Waals surface area contributed by atoms with Gasteiger partial charge in [-0.05, 0) is 41.0 Å². The van der Waals surface area contributed by atoms with E-state index in [9.17, 15) is 0 Å². The van der Waals surface area contributed by atoms with Gasteiger partial charge in [0.05, 0.1) is 33.3 Å². The van der Waals surface area contributed by atoms with Gasteiger partial charge in [-0.25, -0.2) is 9.97 Å². The topological polar surface area (TPSA) is 51.6 Å². The minimum Gasteiger partial charge on any atom is -0.254 e. The Morgan fingerprint density at radius 1 is 0.364 bits per heavy atom. The van der Waals surface area contributed by atoms with Crippen molar-refractivity contribution in [2.45, 2.75) is 0 Å². The molecule has 0 saturated carbocycles. The monoisotopic (exact) mass is 560 g/mol. The third-order valence-electron chi connectivity index (χ3n) is 8.55. The summed E-state index contributed by atoms with van der Waals surface area (Å²) in [5.41, 5.74) is 11.2. The SMILES string of the molecule is c1ccc(-c2c3ccccc3nc3c2ccc2ccc(-c4ccc(-c5ccnc6c5ccc5cccnc56)cc4)nc23)cc1. The maximum absolute atomic E-state index is 5.22. The van der Waals surface area contributed by atoms with Gasteiger partial charge in [-0.1, -0.05) is 109 Å². The molecule has 0 fully saturated rings. The van der Waals surface area contributed by atoms with Crippen LogP contribution in [0.25, 0.3) is 88.0 Å². The van der Waals surface area contributed by atoms with Crippen molar-refractivity contribution in [1.29, 1.82) is 0 Å². The van der Waals surface area contributed by atoms with E-state index in [1.54, 1.807) is 0 Å². The molecule has 0 radical (unpaired) electrons. The molecule has 0 aliphatic rings. The highest BCUT2D eigenvalue weighted by Gasteiger charge is 2.15. The van der Waals surface area contributed by atoms with Crippen molar-refractivity contribution in [2.75, 3.05) is 0 Å². The number of benzene rings is 5. The van der Waals surface area contributed by atoms with Crippen LogP contribution in [0.3, 0.4) is 0 Å². The molecule has 0 spiro atoms. The summed E-state index contributed by atoms with van der Waals surface area (Å²) in [5.74, 6) is 0. The lowest BCUT2D eigenvalue weighted by Gasteiger charge is -2.13. The van der Waals surface area contributed by atoms with Crippen molar-refractivity contribution in [3.8, 4) is 33.5 Å². The van der Waals surface area contributed by atoms with Crippen molar-refractivity contribution < 1.29 is 0 Å². The molecule has 0 saturated heterocycles. The summed E-state index contributed by atoms with van der Waals surface area (Å²) in [7, 11) is 0. The molecule has 4 nitrogen and oxygen atoms in total. The van der Waals surface area contributed by atoms with Crippen LogP contribution < -0.4 is 0 Å². The summed E-state index contributed by atoms with van der Waals surface area (Å²) >= 11 is 0. The smallest absolute Gasteiger partial charge is 0.0978 e. The molecule has 4 heteroatoms. The van der Waals surface area contributed by atoms with E-state index in [1.165, 1.54) is 11.1 Å². The Balaban J connectivity index is 1.19. The van der Waals surface area contributed by atoms with E-state index in [0.29, 0.717) is 0 Å². The van der Waals surface area contributed by atoms with Crippen LogP contribution in [-0.4, -0.2) is 19.9 Å². The Labute approximate surface area is 253 Å². The first-order valence-corrected chi connectivity index (χ1v) is 14.7. The molecule has 9 aromatic rings. The fourth-order valence-corrected chi connectivity index (χ4v) is 6.44. The predicted octanol–water partition coefficient (Wildman–Crippen LogP) is 10.0. The third kappa shape index (κ3) is 3.85. The predicted molar refractivity (Wildman–Crippen MR) is 181 cm³/mol. The van der Waals surface area contributed by atoms with Crippen LogP contribution in [0.1, 0.15) is 0 Å². The van der Waals surface area contributed by atoms with E-state index < -0.39 is 0 Å². The molecule has 0 amide bonds. The average molecular weight is 561 g/mol. The van der Waals surface area contributed by atoms with E-state index in [0.717, 1.165) is 76.9 Å². The lowest BCUT2D eigenvalue weighted by molar-refractivity contribution is 1.37. The zero-order valence-electron chi connectivity index (χ0n) is 23.6. The Kier molecular flexibility index (Phi) is 5.47. The van der Waals surface area contributed by atoms with Gasteiger partial charge in [-0.15, -0.1) is 0 Å². The maximum Gasteiger partial charge on any atom is 0.0978 e. The number of nitrogens with zero attached hydrogens (tertiary/aromatic N) is 4. The van der Waals surface area contributed by atoms with Gasteiger partial charge in [-0.2, -0.15) is 0 Å². The van der Waals surface area contributed by atoms with Crippen LogP contribution in [0.2, 0.25) is 0 Å². The van der Waals surface area contributed by atoms with Gasteiger partial charge in [0, 0.05) is 50.5 Å². The summed E-state index contributed by atoms with van der Waals surface area (Å²) in [6, 6.07) is 46.6. The highest BCUT2D eigenvalue weighted by molar-refractivity contribution is 6.16. The van der Waals surface area contributed by atoms with Crippen molar-refractivity contribution in [2.24, 2.45) is 0 Å². The second kappa shape index (κ2) is 9.79. The van der Waals surface area contributed by atoms with Crippen molar-refractivity contribution in [3.63, 3.8) is 0 Å². The molecule has 0 aliphatic heterocycles. The Bertz CT molecular complexity index is 2540. The molecule has 9 rings (SSSR count). The number of rotatable bonds is 3. The van der Waals surface area contributed by atoms with Gasteiger partial charge < -0.3 is 0 Å². The first-order chi connectivity index (χ1) is 21.8. The fourth-order valence-electron chi connectivity index (χ4n) is 6.44. The van der Waals surface area contributed by atoms with Gasteiger partial charge in [0.2, 0.25) is 0 Å². The Morgan fingerprint density at radius 3 is 1.98 bits per heavy atom. The first-order valence-electron chi connectivity index (χ1n) is 14.7. The maximum atomic E-state index is 5.22. The molecule has 0 atom stereocenters. The zero-order valence-corrected chi connectivity index (χ0v) is 23.6. The van der Waals surface area contributed by atoms with Crippen molar-refractivity contribution >= 4 is 54.5 Å². The zero-order chi connectivity index (χ0) is 29.0. The van der Waals surface area contributed by atoms with Gasteiger partial charge >= 0.3 is 0 Å². The number of hydrogen-bond acceptors (Lipinski definition) is 4. The average Bonchev–Trinajstić information content (AvgIpc) is 3.10. The van der Waals surface area contributed by atoms with Crippen LogP contribution in [0.4, 0.5) is 0 Å². The lowest BCUT2D eigenvalue weighted by Crippen LogP contribution is -1.93. The van der Waals surface area contributed by atoms with E-state index in [4.69, 9.17) is 9.97 Å². The molecule has 5 aromatic carbocycles. The molecule has 0 N–H and O–H groups in total. The van der Waals surface area contributed by atoms with E-state index >= 15 is 0 Å². The van der Waals surface area contributed by atoms with Crippen molar-refractivity contribution in [3.05, 3.63) is 146 Å².